The average Bonchev–Trinajstić information content (AvgIpc) is 2.35. The molecular weight excluding hydrogens is 120 g/mol. The lowest BCUT2D eigenvalue weighted by molar-refractivity contribution is 0.0466. The standard InChI is InChI=1S/C6H8O3/c7-4-3-9-5-1-2-8-6(4)5/h1-2,4-7H,3H2/t4-,5+,6+/m0/s1. The minimum atomic E-state index is -0.440. The molecule has 1 fully saturated rings. The number of aliphatic hydroxyl groups is 1. The molecule has 2 aliphatic heterocycles. The first-order valence-corrected chi connectivity index (χ1v) is 3.00. The molecule has 2 heterocycles. The van der Waals surface area contributed by atoms with Crippen molar-refractivity contribution in [2.45, 2.75) is 18.3 Å². The highest BCUT2D eigenvalue weighted by Crippen LogP contribution is 2.23. The third-order valence-electron chi connectivity index (χ3n) is 1.67. The van der Waals surface area contributed by atoms with Gasteiger partial charge in [-0.1, -0.05) is 0 Å². The second-order valence-corrected chi connectivity index (χ2v) is 2.29. The maximum absolute atomic E-state index is 9.11. The lowest BCUT2D eigenvalue weighted by atomic mass is 10.2. The maximum Gasteiger partial charge on any atom is 0.155 e. The van der Waals surface area contributed by atoms with Gasteiger partial charge in [-0.15, -0.1) is 0 Å². The van der Waals surface area contributed by atoms with Crippen LogP contribution in [0.2, 0.25) is 0 Å². The van der Waals surface area contributed by atoms with E-state index in [4.69, 9.17) is 14.6 Å². The molecular formula is C6H8O3. The van der Waals surface area contributed by atoms with Crippen LogP contribution in [0.1, 0.15) is 0 Å². The Hall–Kier alpha value is -0.540. The highest BCUT2D eigenvalue weighted by atomic mass is 16.6. The van der Waals surface area contributed by atoms with Gasteiger partial charge in [-0.25, -0.2) is 0 Å². The molecule has 3 nitrogen and oxygen atoms in total. The van der Waals surface area contributed by atoms with E-state index < -0.39 is 6.10 Å². The molecule has 0 aliphatic carbocycles. The molecule has 0 bridgehead atoms. The zero-order chi connectivity index (χ0) is 6.27. The maximum atomic E-state index is 9.11. The fourth-order valence-corrected chi connectivity index (χ4v) is 1.17. The number of hydrogen-bond acceptors (Lipinski definition) is 3. The zero-order valence-electron chi connectivity index (χ0n) is 4.86. The van der Waals surface area contributed by atoms with Gasteiger partial charge in [0, 0.05) is 0 Å². The van der Waals surface area contributed by atoms with Crippen molar-refractivity contribution in [2.75, 3.05) is 6.61 Å². The summed E-state index contributed by atoms with van der Waals surface area (Å²) >= 11 is 0. The molecule has 0 aromatic heterocycles. The van der Waals surface area contributed by atoms with E-state index in [-0.39, 0.29) is 12.2 Å². The van der Waals surface area contributed by atoms with Gasteiger partial charge < -0.3 is 14.6 Å². The Bertz CT molecular complexity index is 143. The number of fused-ring (bicyclic) bond motifs is 1. The van der Waals surface area contributed by atoms with Crippen molar-refractivity contribution in [3.8, 4) is 0 Å². The van der Waals surface area contributed by atoms with Crippen molar-refractivity contribution in [2.24, 2.45) is 0 Å². The smallest absolute Gasteiger partial charge is 0.155 e. The van der Waals surface area contributed by atoms with Crippen LogP contribution in [0.25, 0.3) is 0 Å². The molecule has 0 spiro atoms. The molecule has 0 aromatic carbocycles. The second kappa shape index (κ2) is 1.72. The van der Waals surface area contributed by atoms with Crippen LogP contribution < -0.4 is 0 Å². The fourth-order valence-electron chi connectivity index (χ4n) is 1.17. The minimum absolute atomic E-state index is 0.000000000000000222. The van der Waals surface area contributed by atoms with Gasteiger partial charge >= 0.3 is 0 Å². The van der Waals surface area contributed by atoms with Gasteiger partial charge in [-0.3, -0.25) is 0 Å². The van der Waals surface area contributed by atoms with Crippen LogP contribution in [0.5, 0.6) is 0 Å². The van der Waals surface area contributed by atoms with Gasteiger partial charge in [0.15, 0.2) is 6.10 Å². The van der Waals surface area contributed by atoms with Gasteiger partial charge in [0.2, 0.25) is 0 Å². The number of ether oxygens (including phenoxy) is 2. The van der Waals surface area contributed by atoms with Crippen molar-refractivity contribution < 1.29 is 14.6 Å². The third-order valence-corrected chi connectivity index (χ3v) is 1.67. The molecule has 50 valence electrons. The summed E-state index contributed by atoms with van der Waals surface area (Å²) in [7, 11) is 0. The van der Waals surface area contributed by atoms with Crippen LogP contribution in [0.15, 0.2) is 12.3 Å². The number of hydrogen-bond donors (Lipinski definition) is 1. The van der Waals surface area contributed by atoms with Crippen molar-refractivity contribution in [3.05, 3.63) is 12.3 Å². The van der Waals surface area contributed by atoms with Crippen molar-refractivity contribution in [3.63, 3.8) is 0 Å². The SMILES string of the molecule is O[C@H]1CO[C@@H]2C=CO[C@H]12. The van der Waals surface area contributed by atoms with Crippen LogP contribution in [0.3, 0.4) is 0 Å². The van der Waals surface area contributed by atoms with E-state index in [1.807, 2.05) is 6.08 Å². The van der Waals surface area contributed by atoms with Crippen LogP contribution in [-0.4, -0.2) is 30.0 Å². The first-order chi connectivity index (χ1) is 4.38. The Balaban J connectivity index is 2.13. The summed E-state index contributed by atoms with van der Waals surface area (Å²) in [5.74, 6) is 0. The zero-order valence-corrected chi connectivity index (χ0v) is 4.86. The molecule has 2 rings (SSSR count). The molecule has 2 aliphatic rings. The van der Waals surface area contributed by atoms with Gasteiger partial charge in [0.1, 0.15) is 12.2 Å². The molecule has 0 radical (unpaired) electrons. The summed E-state index contributed by atoms with van der Waals surface area (Å²) in [6.45, 7) is 0.402. The van der Waals surface area contributed by atoms with Crippen LogP contribution in [0, 0.1) is 0 Å². The predicted octanol–water partition coefficient (Wildman–Crippen LogP) is -0.341. The van der Waals surface area contributed by atoms with Crippen molar-refractivity contribution >= 4 is 0 Å². The van der Waals surface area contributed by atoms with Crippen molar-refractivity contribution in [1.82, 2.24) is 0 Å². The predicted molar refractivity (Wildman–Crippen MR) is 29.8 cm³/mol. The Labute approximate surface area is 52.9 Å². The highest BCUT2D eigenvalue weighted by Gasteiger charge is 2.38. The van der Waals surface area contributed by atoms with Crippen LogP contribution in [-0.2, 0) is 9.47 Å². The lowest BCUT2D eigenvalue weighted by Gasteiger charge is -2.09. The fraction of sp³-hybridized carbons (Fsp3) is 0.667. The van der Waals surface area contributed by atoms with E-state index in [9.17, 15) is 0 Å². The van der Waals surface area contributed by atoms with E-state index in [1.165, 1.54) is 0 Å². The quantitative estimate of drug-likeness (QED) is 0.485. The molecule has 3 heteroatoms. The monoisotopic (exact) mass is 128 g/mol. The molecule has 9 heavy (non-hydrogen) atoms. The average molecular weight is 128 g/mol. The van der Waals surface area contributed by atoms with E-state index in [2.05, 4.69) is 0 Å². The number of aliphatic hydroxyl groups excluding tert-OH is 1. The first-order valence-electron chi connectivity index (χ1n) is 3.00. The highest BCUT2D eigenvalue weighted by molar-refractivity contribution is 5.03. The molecule has 3 atom stereocenters. The topological polar surface area (TPSA) is 38.7 Å². The van der Waals surface area contributed by atoms with Crippen LogP contribution in [0.4, 0.5) is 0 Å². The molecule has 0 unspecified atom stereocenters. The first kappa shape index (κ1) is 5.26. The molecule has 0 amide bonds. The molecule has 0 aromatic rings. The van der Waals surface area contributed by atoms with Gasteiger partial charge in [0.25, 0.3) is 0 Å². The van der Waals surface area contributed by atoms with Gasteiger partial charge in [-0.2, -0.15) is 0 Å². The largest absolute Gasteiger partial charge is 0.492 e. The normalized spacial score (nSPS) is 47.0. The second-order valence-electron chi connectivity index (χ2n) is 2.29. The Kier molecular flexibility index (Phi) is 1.00. The summed E-state index contributed by atoms with van der Waals surface area (Å²) in [4.78, 5) is 0. The minimum Gasteiger partial charge on any atom is -0.492 e. The lowest BCUT2D eigenvalue weighted by Crippen LogP contribution is -2.26. The Morgan fingerprint density at radius 1 is 1.56 bits per heavy atom. The van der Waals surface area contributed by atoms with E-state index in [1.54, 1.807) is 6.26 Å². The Morgan fingerprint density at radius 2 is 2.44 bits per heavy atom. The van der Waals surface area contributed by atoms with Gasteiger partial charge in [0.05, 0.1) is 12.9 Å². The summed E-state index contributed by atoms with van der Waals surface area (Å²) in [6, 6.07) is 0. The summed E-state index contributed by atoms with van der Waals surface area (Å²) < 4.78 is 10.2. The third kappa shape index (κ3) is 0.653. The summed E-state index contributed by atoms with van der Waals surface area (Å²) in [6.07, 6.45) is 2.83. The molecule has 1 N–H and O–H groups in total. The van der Waals surface area contributed by atoms with E-state index in [0.29, 0.717) is 6.61 Å². The van der Waals surface area contributed by atoms with Crippen LogP contribution >= 0.6 is 0 Å². The van der Waals surface area contributed by atoms with E-state index >= 15 is 0 Å². The van der Waals surface area contributed by atoms with E-state index in [0.717, 1.165) is 0 Å². The van der Waals surface area contributed by atoms with Crippen molar-refractivity contribution in [1.29, 1.82) is 0 Å². The molecule has 1 saturated heterocycles. The molecule has 0 saturated carbocycles. The van der Waals surface area contributed by atoms with Gasteiger partial charge in [-0.05, 0) is 6.08 Å². The summed E-state index contributed by atoms with van der Waals surface area (Å²) in [5, 5.41) is 9.11. The Morgan fingerprint density at radius 3 is 3.22 bits per heavy atom. The number of rotatable bonds is 0. The summed E-state index contributed by atoms with van der Waals surface area (Å²) in [5.41, 5.74) is 0.